The van der Waals surface area contributed by atoms with E-state index in [0.29, 0.717) is 25.6 Å². The molecule has 0 heterocycles. The van der Waals surface area contributed by atoms with Gasteiger partial charge >= 0.3 is 0 Å². The first-order valence-corrected chi connectivity index (χ1v) is 6.31. The first-order chi connectivity index (χ1) is 8.67. The van der Waals surface area contributed by atoms with Crippen LogP contribution in [0.4, 0.5) is 0 Å². The van der Waals surface area contributed by atoms with Crippen LogP contribution in [0, 0.1) is 0 Å². The highest BCUT2D eigenvalue weighted by Gasteiger charge is 2.09. The minimum absolute atomic E-state index is 0.338. The predicted octanol–water partition coefficient (Wildman–Crippen LogP) is 2.52. The Kier molecular flexibility index (Phi) is 6.72. The molecule has 4 nitrogen and oxygen atoms in total. The van der Waals surface area contributed by atoms with Crippen LogP contribution in [0.25, 0.3) is 0 Å². The second kappa shape index (κ2) is 8.08. The van der Waals surface area contributed by atoms with Crippen molar-refractivity contribution < 1.29 is 19.3 Å². The number of aliphatic hydroxyl groups excluding tert-OH is 1. The van der Waals surface area contributed by atoms with Gasteiger partial charge in [-0.15, -0.1) is 0 Å². The van der Waals surface area contributed by atoms with E-state index >= 15 is 0 Å². The summed E-state index contributed by atoms with van der Waals surface area (Å²) in [5, 5.41) is 9.49. The summed E-state index contributed by atoms with van der Waals surface area (Å²) in [4.78, 5) is 0. The highest BCUT2D eigenvalue weighted by molar-refractivity contribution is 5.29. The molecule has 1 aromatic carbocycles. The van der Waals surface area contributed by atoms with Gasteiger partial charge in [-0.05, 0) is 38.5 Å². The standard InChI is InChI=1S/C14H22O4/c1-4-16-14(17-5-2)10-18-13-8-6-7-12(9-13)11(3)15/h6-9,11,14-15H,4-5,10H2,1-3H3/t11-/m1/s1. The summed E-state index contributed by atoms with van der Waals surface area (Å²) in [6.45, 7) is 7.07. The summed E-state index contributed by atoms with van der Waals surface area (Å²) in [5.74, 6) is 0.706. The number of rotatable bonds is 8. The maximum atomic E-state index is 9.49. The van der Waals surface area contributed by atoms with Crippen LogP contribution in [0.1, 0.15) is 32.4 Å². The normalized spacial score (nSPS) is 12.7. The van der Waals surface area contributed by atoms with Crippen LogP contribution in [-0.4, -0.2) is 31.2 Å². The molecular formula is C14H22O4. The molecule has 0 spiro atoms. The van der Waals surface area contributed by atoms with Gasteiger partial charge in [0.25, 0.3) is 0 Å². The molecule has 0 saturated heterocycles. The minimum Gasteiger partial charge on any atom is -0.488 e. The van der Waals surface area contributed by atoms with Crippen LogP contribution in [0.2, 0.25) is 0 Å². The molecule has 0 fully saturated rings. The Morgan fingerprint density at radius 1 is 1.17 bits per heavy atom. The van der Waals surface area contributed by atoms with E-state index in [1.54, 1.807) is 6.92 Å². The molecule has 1 N–H and O–H groups in total. The fraction of sp³-hybridized carbons (Fsp3) is 0.571. The molecule has 0 unspecified atom stereocenters. The molecule has 1 aromatic rings. The van der Waals surface area contributed by atoms with Crippen molar-refractivity contribution in [2.75, 3.05) is 19.8 Å². The third-order valence-electron chi connectivity index (χ3n) is 2.43. The second-order valence-corrected chi connectivity index (χ2v) is 3.90. The van der Waals surface area contributed by atoms with Crippen molar-refractivity contribution in [2.45, 2.75) is 33.2 Å². The SMILES string of the molecule is CCOC(COc1cccc([C@@H](C)O)c1)OCC. The Morgan fingerprint density at radius 2 is 1.83 bits per heavy atom. The summed E-state index contributed by atoms with van der Waals surface area (Å²) >= 11 is 0. The molecule has 0 aliphatic heterocycles. The van der Waals surface area contributed by atoms with Crippen LogP contribution in [0.5, 0.6) is 5.75 Å². The minimum atomic E-state index is -0.497. The summed E-state index contributed by atoms with van der Waals surface area (Å²) < 4.78 is 16.4. The van der Waals surface area contributed by atoms with Crippen molar-refractivity contribution in [3.05, 3.63) is 29.8 Å². The molecule has 1 atom stereocenters. The van der Waals surface area contributed by atoms with Gasteiger partial charge in [0.1, 0.15) is 12.4 Å². The van der Waals surface area contributed by atoms with Crippen LogP contribution in [0.3, 0.4) is 0 Å². The molecule has 0 aliphatic carbocycles. The van der Waals surface area contributed by atoms with E-state index in [1.165, 1.54) is 0 Å². The lowest BCUT2D eigenvalue weighted by Crippen LogP contribution is -2.25. The highest BCUT2D eigenvalue weighted by Crippen LogP contribution is 2.19. The van der Waals surface area contributed by atoms with Crippen molar-refractivity contribution >= 4 is 0 Å². The monoisotopic (exact) mass is 254 g/mol. The van der Waals surface area contributed by atoms with Crippen molar-refractivity contribution in [1.82, 2.24) is 0 Å². The lowest BCUT2D eigenvalue weighted by Gasteiger charge is -2.18. The Hall–Kier alpha value is -1.10. The van der Waals surface area contributed by atoms with E-state index in [4.69, 9.17) is 14.2 Å². The summed E-state index contributed by atoms with van der Waals surface area (Å²) in [6, 6.07) is 7.38. The topological polar surface area (TPSA) is 47.9 Å². The highest BCUT2D eigenvalue weighted by atomic mass is 16.7. The van der Waals surface area contributed by atoms with Crippen molar-refractivity contribution in [2.24, 2.45) is 0 Å². The zero-order chi connectivity index (χ0) is 13.4. The molecule has 0 radical (unpaired) electrons. The number of ether oxygens (including phenoxy) is 3. The average Bonchev–Trinajstić information content (AvgIpc) is 2.37. The van der Waals surface area contributed by atoms with E-state index in [9.17, 15) is 5.11 Å². The van der Waals surface area contributed by atoms with Gasteiger partial charge in [-0.2, -0.15) is 0 Å². The Morgan fingerprint density at radius 3 is 2.39 bits per heavy atom. The smallest absolute Gasteiger partial charge is 0.191 e. The number of aliphatic hydroxyl groups is 1. The van der Waals surface area contributed by atoms with Gasteiger partial charge < -0.3 is 19.3 Å². The van der Waals surface area contributed by atoms with E-state index in [0.717, 1.165) is 5.56 Å². The second-order valence-electron chi connectivity index (χ2n) is 3.90. The number of hydrogen-bond acceptors (Lipinski definition) is 4. The molecule has 4 heteroatoms. The first-order valence-electron chi connectivity index (χ1n) is 6.31. The maximum Gasteiger partial charge on any atom is 0.191 e. The lowest BCUT2D eigenvalue weighted by molar-refractivity contribution is -0.152. The van der Waals surface area contributed by atoms with Crippen LogP contribution >= 0.6 is 0 Å². The molecule has 0 aromatic heterocycles. The molecular weight excluding hydrogens is 232 g/mol. The van der Waals surface area contributed by atoms with Crippen molar-refractivity contribution in [1.29, 1.82) is 0 Å². The molecule has 0 bridgehead atoms. The third kappa shape index (κ3) is 5.04. The quantitative estimate of drug-likeness (QED) is 0.724. The average molecular weight is 254 g/mol. The maximum absolute atomic E-state index is 9.49. The van der Waals surface area contributed by atoms with E-state index in [1.807, 2.05) is 38.1 Å². The number of hydrogen-bond donors (Lipinski definition) is 1. The fourth-order valence-corrected chi connectivity index (χ4v) is 1.54. The predicted molar refractivity (Wildman–Crippen MR) is 69.6 cm³/mol. The van der Waals surface area contributed by atoms with Gasteiger partial charge in [-0.25, -0.2) is 0 Å². The number of benzene rings is 1. The van der Waals surface area contributed by atoms with Gasteiger partial charge in [0.2, 0.25) is 0 Å². The Balaban J connectivity index is 2.53. The van der Waals surface area contributed by atoms with Gasteiger partial charge in [-0.1, -0.05) is 12.1 Å². The van der Waals surface area contributed by atoms with E-state index in [2.05, 4.69) is 0 Å². The van der Waals surface area contributed by atoms with Gasteiger partial charge in [0, 0.05) is 13.2 Å². The Labute approximate surface area is 108 Å². The van der Waals surface area contributed by atoms with Crippen LogP contribution in [0.15, 0.2) is 24.3 Å². The first kappa shape index (κ1) is 15.0. The van der Waals surface area contributed by atoms with Crippen molar-refractivity contribution in [3.63, 3.8) is 0 Å². The Bertz CT molecular complexity index is 332. The van der Waals surface area contributed by atoms with Crippen LogP contribution in [-0.2, 0) is 9.47 Å². The molecule has 0 saturated carbocycles. The summed E-state index contributed by atoms with van der Waals surface area (Å²) in [6.07, 6.45) is -0.849. The van der Waals surface area contributed by atoms with Gasteiger partial charge in [-0.3, -0.25) is 0 Å². The van der Waals surface area contributed by atoms with Crippen molar-refractivity contribution in [3.8, 4) is 5.75 Å². The third-order valence-corrected chi connectivity index (χ3v) is 2.43. The summed E-state index contributed by atoms with van der Waals surface area (Å²) in [5.41, 5.74) is 0.830. The zero-order valence-electron chi connectivity index (χ0n) is 11.3. The summed E-state index contributed by atoms with van der Waals surface area (Å²) in [7, 11) is 0. The van der Waals surface area contributed by atoms with Crippen LogP contribution < -0.4 is 4.74 Å². The van der Waals surface area contributed by atoms with Gasteiger partial charge in [0.05, 0.1) is 6.10 Å². The van der Waals surface area contributed by atoms with E-state index in [-0.39, 0.29) is 6.29 Å². The van der Waals surface area contributed by atoms with Gasteiger partial charge in [0.15, 0.2) is 6.29 Å². The molecule has 0 amide bonds. The molecule has 1 rings (SSSR count). The fourth-order valence-electron chi connectivity index (χ4n) is 1.54. The largest absolute Gasteiger partial charge is 0.488 e. The zero-order valence-corrected chi connectivity index (χ0v) is 11.3. The molecule has 18 heavy (non-hydrogen) atoms. The molecule has 0 aliphatic rings. The molecule has 102 valence electrons. The van der Waals surface area contributed by atoms with E-state index < -0.39 is 6.10 Å². The lowest BCUT2D eigenvalue weighted by atomic mass is 10.1.